The van der Waals surface area contributed by atoms with Crippen LogP contribution in [0.3, 0.4) is 0 Å². The van der Waals surface area contributed by atoms with Gasteiger partial charge in [0.15, 0.2) is 0 Å². The van der Waals surface area contributed by atoms with Crippen molar-refractivity contribution in [3.05, 3.63) is 21.4 Å². The Morgan fingerprint density at radius 2 is 2.29 bits per heavy atom. The number of thiophene rings is 1. The van der Waals surface area contributed by atoms with Crippen molar-refractivity contribution < 1.29 is 14.3 Å². The van der Waals surface area contributed by atoms with Gasteiger partial charge in [-0.25, -0.2) is 0 Å². The molecule has 0 aromatic carbocycles. The number of amides is 1. The molecule has 5 heteroatoms. The third kappa shape index (κ3) is 2.14. The van der Waals surface area contributed by atoms with Gasteiger partial charge in [-0.3, -0.25) is 9.59 Å². The standard InChI is InChI=1S/C16H19NO3S/c1-9-4-10-6-17(7-12(10)15(9)18)16(19)14-5-11-8-20-3-2-13(11)21-14/h5,9-10,12H,2-4,6-8H2,1H3. The van der Waals surface area contributed by atoms with Gasteiger partial charge in [0.25, 0.3) is 5.91 Å². The van der Waals surface area contributed by atoms with Crippen LogP contribution in [-0.2, 0) is 22.6 Å². The molecule has 0 N–H and O–H groups in total. The van der Waals surface area contributed by atoms with Crippen LogP contribution in [0.5, 0.6) is 0 Å². The van der Waals surface area contributed by atoms with Crippen molar-refractivity contribution >= 4 is 23.0 Å². The highest BCUT2D eigenvalue weighted by molar-refractivity contribution is 7.14. The maximum atomic E-state index is 12.7. The zero-order valence-corrected chi connectivity index (χ0v) is 12.9. The zero-order chi connectivity index (χ0) is 14.6. The number of Topliss-reactive ketones (excluding diaryl/α,β-unsaturated/α-hetero) is 1. The maximum absolute atomic E-state index is 12.7. The fourth-order valence-electron chi connectivity index (χ4n) is 3.94. The van der Waals surface area contributed by atoms with Gasteiger partial charge in [-0.05, 0) is 24.0 Å². The normalized spacial score (nSPS) is 31.4. The fraction of sp³-hybridized carbons (Fsp3) is 0.625. The number of rotatable bonds is 1. The molecular formula is C16H19NO3S. The smallest absolute Gasteiger partial charge is 0.263 e. The number of hydrogen-bond donors (Lipinski definition) is 0. The zero-order valence-electron chi connectivity index (χ0n) is 12.1. The van der Waals surface area contributed by atoms with Gasteiger partial charge in [0.1, 0.15) is 5.78 Å². The highest BCUT2D eigenvalue weighted by Crippen LogP contribution is 2.39. The molecule has 3 unspecified atom stereocenters. The van der Waals surface area contributed by atoms with Crippen molar-refractivity contribution in [2.24, 2.45) is 17.8 Å². The first-order valence-corrected chi connectivity index (χ1v) is 8.47. The van der Waals surface area contributed by atoms with Crippen molar-refractivity contribution in [3.8, 4) is 0 Å². The summed E-state index contributed by atoms with van der Waals surface area (Å²) in [5, 5.41) is 0. The van der Waals surface area contributed by atoms with E-state index in [0.29, 0.717) is 24.9 Å². The summed E-state index contributed by atoms with van der Waals surface area (Å²) in [4.78, 5) is 28.8. The van der Waals surface area contributed by atoms with Gasteiger partial charge < -0.3 is 9.64 Å². The lowest BCUT2D eigenvalue weighted by Crippen LogP contribution is -2.30. The molecule has 3 heterocycles. The Hall–Kier alpha value is -1.20. The van der Waals surface area contributed by atoms with Gasteiger partial charge >= 0.3 is 0 Å². The number of ether oxygens (including phenoxy) is 1. The van der Waals surface area contributed by atoms with E-state index in [0.717, 1.165) is 30.9 Å². The summed E-state index contributed by atoms with van der Waals surface area (Å²) in [6.07, 6.45) is 1.86. The van der Waals surface area contributed by atoms with Crippen LogP contribution >= 0.6 is 11.3 Å². The predicted molar refractivity (Wildman–Crippen MR) is 79.4 cm³/mol. The molecule has 2 aliphatic heterocycles. The van der Waals surface area contributed by atoms with E-state index in [4.69, 9.17) is 4.74 Å². The minimum absolute atomic E-state index is 0.0851. The van der Waals surface area contributed by atoms with Crippen LogP contribution in [0.2, 0.25) is 0 Å². The van der Waals surface area contributed by atoms with Gasteiger partial charge in [0.05, 0.1) is 18.1 Å². The second kappa shape index (κ2) is 4.92. The molecule has 2 fully saturated rings. The number of carbonyl (C=O) groups excluding carboxylic acids is 2. The van der Waals surface area contributed by atoms with E-state index in [1.165, 1.54) is 10.4 Å². The van der Waals surface area contributed by atoms with Crippen LogP contribution in [0.4, 0.5) is 0 Å². The Kier molecular flexibility index (Phi) is 3.15. The summed E-state index contributed by atoms with van der Waals surface area (Å²) in [6, 6.07) is 1.99. The van der Waals surface area contributed by atoms with E-state index in [9.17, 15) is 9.59 Å². The van der Waals surface area contributed by atoms with Crippen molar-refractivity contribution in [2.75, 3.05) is 19.7 Å². The Labute approximate surface area is 128 Å². The molecule has 1 aliphatic carbocycles. The van der Waals surface area contributed by atoms with E-state index < -0.39 is 0 Å². The average Bonchev–Trinajstić information content (AvgIpc) is 3.14. The summed E-state index contributed by atoms with van der Waals surface area (Å²) in [5.41, 5.74) is 1.17. The number of nitrogens with zero attached hydrogens (tertiary/aromatic N) is 1. The van der Waals surface area contributed by atoms with Crippen LogP contribution in [-0.4, -0.2) is 36.3 Å². The van der Waals surface area contributed by atoms with Crippen molar-refractivity contribution in [3.63, 3.8) is 0 Å². The van der Waals surface area contributed by atoms with E-state index in [2.05, 4.69) is 0 Å². The van der Waals surface area contributed by atoms with Gasteiger partial charge in [-0.2, -0.15) is 0 Å². The van der Waals surface area contributed by atoms with Crippen LogP contribution < -0.4 is 0 Å². The molecule has 1 aromatic rings. The summed E-state index contributed by atoms with van der Waals surface area (Å²) in [5.74, 6) is 1.11. The molecule has 4 rings (SSSR count). The lowest BCUT2D eigenvalue weighted by Gasteiger charge is -2.17. The Balaban J connectivity index is 1.51. The topological polar surface area (TPSA) is 46.6 Å². The lowest BCUT2D eigenvalue weighted by atomic mass is 10.0. The quantitative estimate of drug-likeness (QED) is 0.798. The lowest BCUT2D eigenvalue weighted by molar-refractivity contribution is -0.123. The minimum atomic E-state index is 0.0851. The van der Waals surface area contributed by atoms with Gasteiger partial charge in [-0.1, -0.05) is 6.92 Å². The molecule has 1 aromatic heterocycles. The monoisotopic (exact) mass is 305 g/mol. The second-order valence-corrected chi connectivity index (χ2v) is 7.61. The maximum Gasteiger partial charge on any atom is 0.263 e. The predicted octanol–water partition coefficient (Wildman–Crippen LogP) is 2.12. The molecule has 112 valence electrons. The van der Waals surface area contributed by atoms with E-state index in [-0.39, 0.29) is 17.7 Å². The molecule has 0 spiro atoms. The van der Waals surface area contributed by atoms with Crippen LogP contribution in [0.25, 0.3) is 0 Å². The van der Waals surface area contributed by atoms with E-state index in [1.54, 1.807) is 11.3 Å². The number of ketones is 1. The average molecular weight is 305 g/mol. The van der Waals surface area contributed by atoms with E-state index in [1.807, 2.05) is 17.9 Å². The number of hydrogen-bond acceptors (Lipinski definition) is 4. The molecule has 21 heavy (non-hydrogen) atoms. The first-order chi connectivity index (χ1) is 10.1. The summed E-state index contributed by atoms with van der Waals surface area (Å²) < 4.78 is 5.44. The number of fused-ring (bicyclic) bond motifs is 2. The first-order valence-electron chi connectivity index (χ1n) is 7.66. The fourth-order valence-corrected chi connectivity index (χ4v) is 5.06. The van der Waals surface area contributed by atoms with Gasteiger partial charge in [0, 0.05) is 36.2 Å². The van der Waals surface area contributed by atoms with Crippen molar-refractivity contribution in [2.45, 2.75) is 26.4 Å². The van der Waals surface area contributed by atoms with Crippen LogP contribution in [0.15, 0.2) is 6.07 Å². The van der Waals surface area contributed by atoms with Crippen LogP contribution in [0, 0.1) is 17.8 Å². The molecule has 3 atom stereocenters. The molecule has 1 amide bonds. The SMILES string of the molecule is CC1CC2CN(C(=O)c3cc4c(s3)CCOC4)CC2C1=O. The van der Waals surface area contributed by atoms with Crippen molar-refractivity contribution in [1.82, 2.24) is 4.90 Å². The highest BCUT2D eigenvalue weighted by Gasteiger charge is 2.46. The first kappa shape index (κ1) is 13.5. The number of carbonyl (C=O) groups is 2. The molecule has 3 aliphatic rings. The van der Waals surface area contributed by atoms with Gasteiger partial charge in [0.2, 0.25) is 0 Å². The van der Waals surface area contributed by atoms with Crippen molar-refractivity contribution in [1.29, 1.82) is 0 Å². The van der Waals surface area contributed by atoms with Crippen LogP contribution in [0.1, 0.15) is 33.5 Å². The molecule has 1 saturated carbocycles. The molecular weight excluding hydrogens is 286 g/mol. The third-order valence-electron chi connectivity index (χ3n) is 5.07. The largest absolute Gasteiger partial charge is 0.376 e. The highest BCUT2D eigenvalue weighted by atomic mass is 32.1. The summed E-state index contributed by atoms with van der Waals surface area (Å²) >= 11 is 1.60. The van der Waals surface area contributed by atoms with Gasteiger partial charge in [-0.15, -0.1) is 11.3 Å². The summed E-state index contributed by atoms with van der Waals surface area (Å²) in [7, 11) is 0. The molecule has 0 radical (unpaired) electrons. The second-order valence-electron chi connectivity index (χ2n) is 6.48. The Morgan fingerprint density at radius 3 is 3.05 bits per heavy atom. The molecule has 4 nitrogen and oxygen atoms in total. The Morgan fingerprint density at radius 1 is 1.43 bits per heavy atom. The number of likely N-dealkylation sites (tertiary alicyclic amines) is 1. The molecule has 0 bridgehead atoms. The Bertz CT molecular complexity index is 585. The van der Waals surface area contributed by atoms with E-state index >= 15 is 0 Å². The minimum Gasteiger partial charge on any atom is -0.376 e. The third-order valence-corrected chi connectivity index (χ3v) is 6.30. The molecule has 1 saturated heterocycles. The summed E-state index contributed by atoms with van der Waals surface area (Å²) in [6.45, 7) is 4.76.